The number of rotatable bonds is 7. The number of benzene rings is 3. The second-order valence-electron chi connectivity index (χ2n) is 6.57. The van der Waals surface area contributed by atoms with E-state index in [2.05, 4.69) is 31.8 Å². The Morgan fingerprint density at radius 1 is 1.00 bits per heavy atom. The Bertz CT molecular complexity index is 1200. The van der Waals surface area contributed by atoms with E-state index in [-0.39, 0.29) is 18.1 Å². The van der Waals surface area contributed by atoms with Crippen LogP contribution in [0.25, 0.3) is 0 Å². The van der Waals surface area contributed by atoms with Crippen molar-refractivity contribution < 1.29 is 27.8 Å². The van der Waals surface area contributed by atoms with Crippen molar-refractivity contribution in [1.82, 2.24) is 5.43 Å². The largest absolute Gasteiger partial charge is 0.493 e. The zero-order valence-electron chi connectivity index (χ0n) is 17.3. The van der Waals surface area contributed by atoms with Crippen molar-refractivity contribution in [3.63, 3.8) is 0 Å². The Hall–Kier alpha value is -3.79. The van der Waals surface area contributed by atoms with Gasteiger partial charge in [-0.2, -0.15) is 5.10 Å². The van der Waals surface area contributed by atoms with Crippen LogP contribution in [0.1, 0.15) is 11.1 Å². The van der Waals surface area contributed by atoms with Crippen molar-refractivity contribution in [3.8, 4) is 11.5 Å². The normalized spacial score (nSPS) is 10.7. The van der Waals surface area contributed by atoms with Crippen LogP contribution in [0.2, 0.25) is 0 Å². The van der Waals surface area contributed by atoms with Crippen LogP contribution >= 0.6 is 15.9 Å². The predicted molar refractivity (Wildman–Crippen MR) is 122 cm³/mol. The fourth-order valence-corrected chi connectivity index (χ4v) is 2.97. The van der Waals surface area contributed by atoms with Gasteiger partial charge in [-0.3, -0.25) is 9.59 Å². The minimum absolute atomic E-state index is 0.0145. The first-order valence-electron chi connectivity index (χ1n) is 9.51. The lowest BCUT2D eigenvalue weighted by Gasteiger charge is -2.11. The Kier molecular flexibility index (Phi) is 8.09. The topological polar surface area (TPSA) is 89.0 Å². The van der Waals surface area contributed by atoms with Crippen molar-refractivity contribution >= 4 is 39.6 Å². The molecule has 0 aliphatic rings. The van der Waals surface area contributed by atoms with E-state index in [4.69, 9.17) is 9.47 Å². The van der Waals surface area contributed by atoms with Gasteiger partial charge in [0.15, 0.2) is 11.5 Å². The first-order valence-corrected chi connectivity index (χ1v) is 10.3. The van der Waals surface area contributed by atoms with Crippen LogP contribution < -0.4 is 20.2 Å². The molecule has 0 aromatic heterocycles. The molecule has 33 heavy (non-hydrogen) atoms. The molecule has 0 aliphatic carbocycles. The summed E-state index contributed by atoms with van der Waals surface area (Å²) in [4.78, 5) is 23.8. The van der Waals surface area contributed by atoms with E-state index in [0.29, 0.717) is 27.1 Å². The molecule has 2 N–H and O–H groups in total. The summed E-state index contributed by atoms with van der Waals surface area (Å²) in [6.07, 6.45) is 1.29. The smallest absolute Gasteiger partial charge is 0.329 e. The summed E-state index contributed by atoms with van der Waals surface area (Å²) in [6, 6.07) is 15.1. The van der Waals surface area contributed by atoms with Gasteiger partial charge < -0.3 is 14.8 Å². The first kappa shape index (κ1) is 23.9. The van der Waals surface area contributed by atoms with Gasteiger partial charge in [-0.1, -0.05) is 34.1 Å². The van der Waals surface area contributed by atoms with Crippen LogP contribution in [0.4, 0.5) is 14.5 Å². The molecule has 0 unspecified atom stereocenters. The van der Waals surface area contributed by atoms with E-state index < -0.39 is 17.6 Å². The fraction of sp³-hybridized carbons (Fsp3) is 0.0870. The molecule has 0 bridgehead atoms. The summed E-state index contributed by atoms with van der Waals surface area (Å²) < 4.78 is 38.9. The average Bonchev–Trinajstić information content (AvgIpc) is 2.80. The van der Waals surface area contributed by atoms with Gasteiger partial charge in [0.1, 0.15) is 18.2 Å². The minimum atomic E-state index is -1.08. The summed E-state index contributed by atoms with van der Waals surface area (Å²) in [5.74, 6) is -2.47. The van der Waals surface area contributed by atoms with Crippen LogP contribution in [-0.4, -0.2) is 25.1 Å². The number of carbonyl (C=O) groups excluding carboxylic acids is 2. The summed E-state index contributed by atoms with van der Waals surface area (Å²) in [5.41, 5.74) is 2.85. The molecule has 10 heteroatoms. The van der Waals surface area contributed by atoms with Gasteiger partial charge in [-0.15, -0.1) is 0 Å². The van der Waals surface area contributed by atoms with Gasteiger partial charge in [0, 0.05) is 10.0 Å². The highest BCUT2D eigenvalue weighted by atomic mass is 79.9. The zero-order valence-corrected chi connectivity index (χ0v) is 18.9. The van der Waals surface area contributed by atoms with E-state index in [1.807, 2.05) is 0 Å². The number of hydrogen-bond donors (Lipinski definition) is 2. The molecule has 0 aliphatic heterocycles. The highest BCUT2D eigenvalue weighted by Crippen LogP contribution is 2.28. The minimum Gasteiger partial charge on any atom is -0.493 e. The van der Waals surface area contributed by atoms with E-state index in [1.54, 1.807) is 36.4 Å². The molecule has 0 spiro atoms. The number of carbonyl (C=O) groups is 2. The second-order valence-corrected chi connectivity index (χ2v) is 7.48. The molecule has 2 amide bonds. The van der Waals surface area contributed by atoms with Crippen LogP contribution in [0, 0.1) is 11.6 Å². The molecule has 0 heterocycles. The Balaban J connectivity index is 1.58. The number of hydrogen-bond acceptors (Lipinski definition) is 5. The molecule has 170 valence electrons. The van der Waals surface area contributed by atoms with Crippen molar-refractivity contribution in [2.24, 2.45) is 5.10 Å². The number of nitrogens with zero attached hydrogens (tertiary/aromatic N) is 1. The second kappa shape index (κ2) is 11.2. The van der Waals surface area contributed by atoms with Gasteiger partial charge >= 0.3 is 11.8 Å². The summed E-state index contributed by atoms with van der Waals surface area (Å²) in [7, 11) is 1.44. The monoisotopic (exact) mass is 517 g/mol. The number of hydrazone groups is 1. The van der Waals surface area contributed by atoms with Gasteiger partial charge in [0.25, 0.3) is 0 Å². The zero-order chi connectivity index (χ0) is 23.8. The van der Waals surface area contributed by atoms with Crippen molar-refractivity contribution in [2.75, 3.05) is 12.4 Å². The van der Waals surface area contributed by atoms with E-state index in [9.17, 15) is 18.4 Å². The maximum atomic E-state index is 13.8. The molecule has 0 radical (unpaired) electrons. The predicted octanol–water partition coefficient (Wildman–Crippen LogP) is 4.40. The van der Waals surface area contributed by atoms with E-state index in [1.165, 1.54) is 31.5 Å². The molecular weight excluding hydrogens is 500 g/mol. The van der Waals surface area contributed by atoms with Crippen LogP contribution in [-0.2, 0) is 16.2 Å². The van der Waals surface area contributed by atoms with Crippen molar-refractivity contribution in [3.05, 3.63) is 87.9 Å². The van der Waals surface area contributed by atoms with Crippen molar-refractivity contribution in [1.29, 1.82) is 0 Å². The van der Waals surface area contributed by atoms with Crippen LogP contribution in [0.5, 0.6) is 11.5 Å². The highest BCUT2D eigenvalue weighted by molar-refractivity contribution is 9.10. The maximum absolute atomic E-state index is 13.8. The molecule has 7 nitrogen and oxygen atoms in total. The third kappa shape index (κ3) is 6.59. The number of nitrogens with one attached hydrogen (secondary N) is 2. The first-order chi connectivity index (χ1) is 15.9. The SMILES string of the molecule is COc1cc(C=NNC(=O)C(=O)Nc2ccc(Br)cc2F)ccc1OCc1ccccc1F. The van der Waals surface area contributed by atoms with Crippen molar-refractivity contribution in [2.45, 2.75) is 6.61 Å². The molecule has 0 atom stereocenters. The van der Waals surface area contributed by atoms with Gasteiger partial charge in [-0.05, 0) is 48.0 Å². The quantitative estimate of drug-likeness (QED) is 0.276. The number of ether oxygens (including phenoxy) is 2. The molecular formula is C23H18BrF2N3O4. The molecule has 3 rings (SSSR count). The summed E-state index contributed by atoms with van der Waals surface area (Å²) in [6.45, 7) is 0.0145. The van der Waals surface area contributed by atoms with Gasteiger partial charge in [-0.25, -0.2) is 14.2 Å². The third-order valence-corrected chi connectivity index (χ3v) is 4.79. The lowest BCUT2D eigenvalue weighted by Crippen LogP contribution is -2.32. The Labute approximate surface area is 196 Å². The fourth-order valence-electron chi connectivity index (χ4n) is 2.64. The number of amides is 2. The van der Waals surface area contributed by atoms with E-state index in [0.717, 1.165) is 6.07 Å². The molecule has 0 saturated carbocycles. The Morgan fingerprint density at radius 3 is 2.52 bits per heavy atom. The lowest BCUT2D eigenvalue weighted by atomic mass is 10.2. The number of anilines is 1. The third-order valence-electron chi connectivity index (χ3n) is 4.29. The number of halogens is 3. The molecule has 3 aromatic rings. The average molecular weight is 518 g/mol. The number of methoxy groups -OCH3 is 1. The van der Waals surface area contributed by atoms with Gasteiger partial charge in [0.05, 0.1) is 19.0 Å². The van der Waals surface area contributed by atoms with Gasteiger partial charge in [0.2, 0.25) is 0 Å². The molecule has 0 saturated heterocycles. The molecule has 0 fully saturated rings. The summed E-state index contributed by atoms with van der Waals surface area (Å²) >= 11 is 3.10. The maximum Gasteiger partial charge on any atom is 0.329 e. The molecule has 3 aromatic carbocycles. The Morgan fingerprint density at radius 2 is 1.79 bits per heavy atom. The lowest BCUT2D eigenvalue weighted by molar-refractivity contribution is -0.136. The van der Waals surface area contributed by atoms with Crippen LogP contribution in [0.3, 0.4) is 0 Å². The van der Waals surface area contributed by atoms with Crippen LogP contribution in [0.15, 0.2) is 70.2 Å². The summed E-state index contributed by atoms with van der Waals surface area (Å²) in [5, 5.41) is 5.88. The standard InChI is InChI=1S/C23H18BrF2N3O4/c1-32-21-10-14(6-9-20(21)33-13-15-4-2-3-5-17(15)25)12-27-29-23(31)22(30)28-19-8-7-16(24)11-18(19)26/h2-12H,13H2,1H3,(H,28,30)(H,29,31). The van der Waals surface area contributed by atoms with E-state index >= 15 is 0 Å². The highest BCUT2D eigenvalue weighted by Gasteiger charge is 2.15.